The molecule has 1 aromatic carbocycles. The molecule has 0 fully saturated rings. The molecule has 126 valence electrons. The quantitative estimate of drug-likeness (QED) is 0.922. The number of aromatic nitrogens is 2. The SMILES string of the molecule is CC1(C)CCC(C)(C)c2cc(Cc3cnc(C(=O)O)cn3)ccc21. The molecule has 0 saturated heterocycles. The Morgan fingerprint density at radius 2 is 1.71 bits per heavy atom. The summed E-state index contributed by atoms with van der Waals surface area (Å²) in [5.41, 5.74) is 5.21. The first kappa shape index (κ1) is 16.6. The van der Waals surface area contributed by atoms with Crippen LogP contribution in [0.25, 0.3) is 0 Å². The second-order valence-electron chi connectivity index (χ2n) is 8.02. The van der Waals surface area contributed by atoms with Crippen molar-refractivity contribution in [2.45, 2.75) is 57.8 Å². The molecule has 4 heteroatoms. The maximum absolute atomic E-state index is 10.9. The third-order valence-electron chi connectivity index (χ3n) is 5.23. The average Bonchev–Trinajstić information content (AvgIpc) is 2.52. The number of nitrogens with zero attached hydrogens (tertiary/aromatic N) is 2. The van der Waals surface area contributed by atoms with Crippen molar-refractivity contribution in [2.75, 3.05) is 0 Å². The summed E-state index contributed by atoms with van der Waals surface area (Å²) in [6, 6.07) is 6.71. The topological polar surface area (TPSA) is 63.1 Å². The summed E-state index contributed by atoms with van der Waals surface area (Å²) in [7, 11) is 0. The van der Waals surface area contributed by atoms with Crippen molar-refractivity contribution in [3.8, 4) is 0 Å². The molecule has 0 saturated carbocycles. The maximum atomic E-state index is 10.9. The van der Waals surface area contributed by atoms with E-state index in [2.05, 4.69) is 55.9 Å². The van der Waals surface area contributed by atoms with Crippen molar-refractivity contribution in [3.05, 3.63) is 58.7 Å². The van der Waals surface area contributed by atoms with Gasteiger partial charge >= 0.3 is 5.97 Å². The molecule has 4 nitrogen and oxygen atoms in total. The van der Waals surface area contributed by atoms with E-state index in [0.717, 1.165) is 5.69 Å². The summed E-state index contributed by atoms with van der Waals surface area (Å²) in [6.07, 6.45) is 5.93. The number of rotatable bonds is 3. The Bertz CT molecular complexity index is 777. The lowest BCUT2D eigenvalue weighted by Gasteiger charge is -2.42. The van der Waals surface area contributed by atoms with Gasteiger partial charge in [-0.05, 0) is 40.4 Å². The van der Waals surface area contributed by atoms with E-state index in [1.54, 1.807) is 6.20 Å². The molecule has 1 aromatic heterocycles. The van der Waals surface area contributed by atoms with Crippen LogP contribution in [0.4, 0.5) is 0 Å². The van der Waals surface area contributed by atoms with E-state index < -0.39 is 5.97 Å². The van der Waals surface area contributed by atoms with Crippen molar-refractivity contribution >= 4 is 5.97 Å². The van der Waals surface area contributed by atoms with Gasteiger partial charge in [0.2, 0.25) is 0 Å². The summed E-state index contributed by atoms with van der Waals surface area (Å²) in [6.45, 7) is 9.26. The molecule has 1 aliphatic rings. The van der Waals surface area contributed by atoms with Crippen LogP contribution in [0.2, 0.25) is 0 Å². The average molecular weight is 324 g/mol. The van der Waals surface area contributed by atoms with Gasteiger partial charge in [-0.25, -0.2) is 9.78 Å². The molecule has 0 bridgehead atoms. The number of carboxylic acids is 1. The zero-order valence-corrected chi connectivity index (χ0v) is 14.8. The van der Waals surface area contributed by atoms with E-state index in [1.165, 1.54) is 35.7 Å². The van der Waals surface area contributed by atoms with Gasteiger partial charge in [0.1, 0.15) is 0 Å². The molecule has 24 heavy (non-hydrogen) atoms. The molecule has 2 aromatic rings. The van der Waals surface area contributed by atoms with Crippen LogP contribution < -0.4 is 0 Å². The van der Waals surface area contributed by atoms with Crippen LogP contribution in [-0.2, 0) is 17.3 Å². The van der Waals surface area contributed by atoms with E-state index in [4.69, 9.17) is 5.11 Å². The van der Waals surface area contributed by atoms with Crippen LogP contribution in [0.1, 0.15) is 73.4 Å². The lowest BCUT2D eigenvalue weighted by molar-refractivity contribution is 0.0690. The minimum Gasteiger partial charge on any atom is -0.476 e. The predicted molar refractivity (Wildman–Crippen MR) is 93.5 cm³/mol. The number of hydrogen-bond acceptors (Lipinski definition) is 3. The molecule has 3 rings (SSSR count). The van der Waals surface area contributed by atoms with Crippen molar-refractivity contribution in [3.63, 3.8) is 0 Å². The highest BCUT2D eigenvalue weighted by molar-refractivity contribution is 5.84. The fourth-order valence-corrected chi connectivity index (χ4v) is 3.51. The summed E-state index contributed by atoms with van der Waals surface area (Å²) in [4.78, 5) is 19.0. The van der Waals surface area contributed by atoms with Gasteiger partial charge in [-0.1, -0.05) is 45.9 Å². The van der Waals surface area contributed by atoms with Gasteiger partial charge in [0.05, 0.1) is 11.9 Å². The standard InChI is InChI=1S/C20H24N2O2/c1-19(2)7-8-20(3,4)16-10-13(5-6-15(16)19)9-14-11-22-17(12-21-14)18(23)24/h5-6,10-12H,7-9H2,1-4H3,(H,23,24). The highest BCUT2D eigenvalue weighted by Crippen LogP contribution is 2.45. The fourth-order valence-electron chi connectivity index (χ4n) is 3.51. The second kappa shape index (κ2) is 5.69. The molecule has 0 radical (unpaired) electrons. The van der Waals surface area contributed by atoms with Crippen LogP contribution in [0.3, 0.4) is 0 Å². The van der Waals surface area contributed by atoms with E-state index in [1.807, 2.05) is 0 Å². The Hall–Kier alpha value is -2.23. The second-order valence-corrected chi connectivity index (χ2v) is 8.02. The van der Waals surface area contributed by atoms with Crippen LogP contribution >= 0.6 is 0 Å². The van der Waals surface area contributed by atoms with E-state index in [0.29, 0.717) is 6.42 Å². The Balaban J connectivity index is 1.92. The van der Waals surface area contributed by atoms with E-state index in [9.17, 15) is 4.79 Å². The van der Waals surface area contributed by atoms with Gasteiger partial charge in [-0.2, -0.15) is 0 Å². The summed E-state index contributed by atoms with van der Waals surface area (Å²) >= 11 is 0. The first-order valence-electron chi connectivity index (χ1n) is 8.37. The molecule has 1 heterocycles. The minimum absolute atomic E-state index is 0.0212. The third-order valence-corrected chi connectivity index (χ3v) is 5.23. The van der Waals surface area contributed by atoms with Gasteiger partial charge in [-0.15, -0.1) is 0 Å². The zero-order valence-electron chi connectivity index (χ0n) is 14.8. The molecular weight excluding hydrogens is 300 g/mol. The molecule has 1 N–H and O–H groups in total. The van der Waals surface area contributed by atoms with Crippen LogP contribution in [0, 0.1) is 0 Å². The smallest absolute Gasteiger partial charge is 0.356 e. The van der Waals surface area contributed by atoms with E-state index >= 15 is 0 Å². The van der Waals surface area contributed by atoms with Gasteiger partial charge in [0.15, 0.2) is 5.69 Å². The number of benzene rings is 1. The summed E-state index contributed by atoms with van der Waals surface area (Å²) in [5, 5.41) is 8.90. The Morgan fingerprint density at radius 3 is 2.29 bits per heavy atom. The largest absolute Gasteiger partial charge is 0.476 e. The number of aromatic carboxylic acids is 1. The van der Waals surface area contributed by atoms with Gasteiger partial charge in [0, 0.05) is 12.6 Å². The van der Waals surface area contributed by atoms with Crippen molar-refractivity contribution in [2.24, 2.45) is 0 Å². The molecule has 1 aliphatic carbocycles. The molecule has 0 atom stereocenters. The van der Waals surface area contributed by atoms with Crippen molar-refractivity contribution in [1.29, 1.82) is 0 Å². The van der Waals surface area contributed by atoms with Crippen LogP contribution in [0.5, 0.6) is 0 Å². The molecule has 0 spiro atoms. The molecule has 0 aliphatic heterocycles. The van der Waals surface area contributed by atoms with Crippen molar-refractivity contribution in [1.82, 2.24) is 9.97 Å². The number of fused-ring (bicyclic) bond motifs is 1. The van der Waals surface area contributed by atoms with Gasteiger partial charge < -0.3 is 5.11 Å². The van der Waals surface area contributed by atoms with Crippen LogP contribution in [-0.4, -0.2) is 21.0 Å². The Morgan fingerprint density at radius 1 is 1.04 bits per heavy atom. The zero-order chi connectivity index (χ0) is 17.5. The highest BCUT2D eigenvalue weighted by Gasteiger charge is 2.36. The van der Waals surface area contributed by atoms with Gasteiger partial charge in [0.25, 0.3) is 0 Å². The third kappa shape index (κ3) is 3.05. The summed E-state index contributed by atoms with van der Waals surface area (Å²) in [5.74, 6) is -1.05. The first-order valence-corrected chi connectivity index (χ1v) is 8.37. The lowest BCUT2D eigenvalue weighted by atomic mass is 9.63. The lowest BCUT2D eigenvalue weighted by Crippen LogP contribution is -2.33. The highest BCUT2D eigenvalue weighted by atomic mass is 16.4. The molecular formula is C20H24N2O2. The summed E-state index contributed by atoms with van der Waals surface area (Å²) < 4.78 is 0. The first-order chi connectivity index (χ1) is 11.2. The van der Waals surface area contributed by atoms with Crippen LogP contribution in [0.15, 0.2) is 30.6 Å². The van der Waals surface area contributed by atoms with E-state index in [-0.39, 0.29) is 16.5 Å². The van der Waals surface area contributed by atoms with Gasteiger partial charge in [-0.3, -0.25) is 4.98 Å². The van der Waals surface area contributed by atoms with Crippen molar-refractivity contribution < 1.29 is 9.90 Å². The minimum atomic E-state index is -1.05. The predicted octanol–water partition coefficient (Wildman–Crippen LogP) is 4.11. The number of carboxylic acid groups (broad SMARTS) is 1. The normalized spacial score (nSPS) is 18.0. The fraction of sp³-hybridized carbons (Fsp3) is 0.450. The Labute approximate surface area is 143 Å². The Kier molecular flexibility index (Phi) is 3.94. The number of hydrogen-bond donors (Lipinski definition) is 1. The molecule has 0 unspecified atom stereocenters. The monoisotopic (exact) mass is 324 g/mol. The molecule has 0 amide bonds. The number of carbonyl (C=O) groups is 1. The maximum Gasteiger partial charge on any atom is 0.356 e.